The minimum Gasteiger partial charge on any atom is -0.307 e. The Morgan fingerprint density at radius 3 is 2.81 bits per heavy atom. The van der Waals surface area contributed by atoms with Crippen LogP contribution in [0.4, 0.5) is 0 Å². The summed E-state index contributed by atoms with van der Waals surface area (Å²) in [5, 5.41) is 11.2. The van der Waals surface area contributed by atoms with Crippen molar-refractivity contribution >= 4 is 0 Å². The molecule has 0 aliphatic rings. The maximum atomic E-state index is 4.01. The quantitative estimate of drug-likeness (QED) is 0.845. The molecule has 16 heavy (non-hydrogen) atoms. The number of rotatable bonds is 4. The van der Waals surface area contributed by atoms with Gasteiger partial charge in [0.25, 0.3) is 0 Å². The number of aromatic nitrogens is 2. The second-order valence-corrected chi connectivity index (χ2v) is 3.81. The molecule has 1 heterocycles. The van der Waals surface area contributed by atoms with Crippen LogP contribution in [-0.4, -0.2) is 10.2 Å². The normalized spacial score (nSPS) is 10.3. The van der Waals surface area contributed by atoms with Crippen molar-refractivity contribution in [1.82, 2.24) is 15.5 Å². The molecule has 0 spiro atoms. The molecule has 2 rings (SSSR count). The standard InChI is InChI=1S/C13H15N3/c1-11-4-2-5-12(8-11)9-14-10-13-6-3-7-15-16-13/h2-8,14H,9-10H2,1H3. The van der Waals surface area contributed by atoms with Crippen LogP contribution in [0.5, 0.6) is 0 Å². The minimum absolute atomic E-state index is 0.752. The highest BCUT2D eigenvalue weighted by atomic mass is 15.1. The number of nitrogens with zero attached hydrogens (tertiary/aromatic N) is 2. The van der Waals surface area contributed by atoms with Gasteiger partial charge in [0, 0.05) is 19.3 Å². The Hall–Kier alpha value is -1.74. The molecule has 2 aromatic rings. The van der Waals surface area contributed by atoms with Crippen LogP contribution in [-0.2, 0) is 13.1 Å². The lowest BCUT2D eigenvalue weighted by Crippen LogP contribution is -2.13. The summed E-state index contributed by atoms with van der Waals surface area (Å²) >= 11 is 0. The van der Waals surface area contributed by atoms with Crippen LogP contribution in [0.25, 0.3) is 0 Å². The van der Waals surface area contributed by atoms with Gasteiger partial charge in [0.05, 0.1) is 5.69 Å². The van der Waals surface area contributed by atoms with Crippen LogP contribution in [0.1, 0.15) is 16.8 Å². The largest absolute Gasteiger partial charge is 0.307 e. The van der Waals surface area contributed by atoms with Crippen molar-refractivity contribution in [2.45, 2.75) is 20.0 Å². The van der Waals surface area contributed by atoms with Crippen molar-refractivity contribution < 1.29 is 0 Å². The Bertz CT molecular complexity index is 440. The van der Waals surface area contributed by atoms with Gasteiger partial charge in [0.1, 0.15) is 0 Å². The number of hydrogen-bond donors (Lipinski definition) is 1. The van der Waals surface area contributed by atoms with Gasteiger partial charge in [-0.25, -0.2) is 0 Å². The summed E-state index contributed by atoms with van der Waals surface area (Å²) in [4.78, 5) is 0. The Morgan fingerprint density at radius 2 is 2.06 bits per heavy atom. The summed E-state index contributed by atoms with van der Waals surface area (Å²) in [7, 11) is 0. The molecule has 0 bridgehead atoms. The molecule has 0 fully saturated rings. The Morgan fingerprint density at radius 1 is 1.12 bits per heavy atom. The van der Waals surface area contributed by atoms with Crippen molar-refractivity contribution in [2.75, 3.05) is 0 Å². The van der Waals surface area contributed by atoms with E-state index in [-0.39, 0.29) is 0 Å². The SMILES string of the molecule is Cc1cccc(CNCc2cccnn2)c1. The lowest BCUT2D eigenvalue weighted by Gasteiger charge is -2.04. The van der Waals surface area contributed by atoms with Gasteiger partial charge in [0.2, 0.25) is 0 Å². The molecule has 0 aliphatic heterocycles. The van der Waals surface area contributed by atoms with E-state index in [1.165, 1.54) is 11.1 Å². The molecular weight excluding hydrogens is 198 g/mol. The van der Waals surface area contributed by atoms with E-state index in [2.05, 4.69) is 46.7 Å². The summed E-state index contributed by atoms with van der Waals surface area (Å²) in [6.07, 6.45) is 1.68. The van der Waals surface area contributed by atoms with Crippen molar-refractivity contribution in [3.63, 3.8) is 0 Å². The van der Waals surface area contributed by atoms with E-state index >= 15 is 0 Å². The highest BCUT2D eigenvalue weighted by Crippen LogP contribution is 2.03. The van der Waals surface area contributed by atoms with Crippen LogP contribution < -0.4 is 5.32 Å². The number of hydrogen-bond acceptors (Lipinski definition) is 3. The number of nitrogens with one attached hydrogen (secondary N) is 1. The zero-order chi connectivity index (χ0) is 11.2. The van der Waals surface area contributed by atoms with E-state index in [1.807, 2.05) is 12.1 Å². The van der Waals surface area contributed by atoms with Gasteiger partial charge in [-0.3, -0.25) is 0 Å². The summed E-state index contributed by atoms with van der Waals surface area (Å²) < 4.78 is 0. The summed E-state index contributed by atoms with van der Waals surface area (Å²) in [6, 6.07) is 12.4. The Labute approximate surface area is 95.5 Å². The van der Waals surface area contributed by atoms with Crippen molar-refractivity contribution in [2.24, 2.45) is 0 Å². The maximum absolute atomic E-state index is 4.01. The molecule has 0 amide bonds. The van der Waals surface area contributed by atoms with Crippen LogP contribution in [0.3, 0.4) is 0 Å². The molecule has 1 aromatic heterocycles. The Kier molecular flexibility index (Phi) is 3.62. The molecule has 3 nitrogen and oxygen atoms in total. The molecule has 0 radical (unpaired) electrons. The van der Waals surface area contributed by atoms with Gasteiger partial charge in [0.15, 0.2) is 0 Å². The Balaban J connectivity index is 1.85. The van der Waals surface area contributed by atoms with Gasteiger partial charge in [-0.15, -0.1) is 0 Å². The molecule has 82 valence electrons. The van der Waals surface area contributed by atoms with Crippen molar-refractivity contribution in [3.8, 4) is 0 Å². The predicted octanol–water partition coefficient (Wildman–Crippen LogP) is 2.07. The van der Waals surface area contributed by atoms with Gasteiger partial charge in [-0.1, -0.05) is 29.8 Å². The van der Waals surface area contributed by atoms with Crippen LogP contribution >= 0.6 is 0 Å². The zero-order valence-corrected chi connectivity index (χ0v) is 9.35. The topological polar surface area (TPSA) is 37.8 Å². The third-order valence-electron chi connectivity index (χ3n) is 2.35. The maximum Gasteiger partial charge on any atom is 0.0769 e. The average Bonchev–Trinajstić information content (AvgIpc) is 2.30. The van der Waals surface area contributed by atoms with Gasteiger partial charge in [-0.2, -0.15) is 10.2 Å². The van der Waals surface area contributed by atoms with Crippen molar-refractivity contribution in [3.05, 3.63) is 59.4 Å². The second-order valence-electron chi connectivity index (χ2n) is 3.81. The van der Waals surface area contributed by atoms with E-state index in [1.54, 1.807) is 6.20 Å². The first kappa shape index (κ1) is 10.8. The molecule has 0 unspecified atom stereocenters. The van der Waals surface area contributed by atoms with E-state index in [4.69, 9.17) is 0 Å². The molecule has 1 aromatic carbocycles. The lowest BCUT2D eigenvalue weighted by molar-refractivity contribution is 0.670. The first-order valence-corrected chi connectivity index (χ1v) is 5.37. The molecule has 1 N–H and O–H groups in total. The fourth-order valence-electron chi connectivity index (χ4n) is 1.58. The summed E-state index contributed by atoms with van der Waals surface area (Å²) in [6.45, 7) is 3.71. The minimum atomic E-state index is 0.752. The fourth-order valence-corrected chi connectivity index (χ4v) is 1.58. The van der Waals surface area contributed by atoms with Crippen molar-refractivity contribution in [1.29, 1.82) is 0 Å². The smallest absolute Gasteiger partial charge is 0.0769 e. The summed E-state index contributed by atoms with van der Waals surface area (Å²) in [5.41, 5.74) is 3.55. The third-order valence-corrected chi connectivity index (χ3v) is 2.35. The molecule has 0 aliphatic carbocycles. The average molecular weight is 213 g/mol. The van der Waals surface area contributed by atoms with Gasteiger partial charge in [-0.05, 0) is 24.6 Å². The number of benzene rings is 1. The molecule has 0 saturated heterocycles. The summed E-state index contributed by atoms with van der Waals surface area (Å²) in [5.74, 6) is 0. The fraction of sp³-hybridized carbons (Fsp3) is 0.231. The molecule has 0 saturated carbocycles. The lowest BCUT2D eigenvalue weighted by atomic mass is 10.1. The molecule has 0 atom stereocenters. The van der Waals surface area contributed by atoms with E-state index in [9.17, 15) is 0 Å². The first-order valence-electron chi connectivity index (χ1n) is 5.37. The predicted molar refractivity (Wildman–Crippen MR) is 63.8 cm³/mol. The third kappa shape index (κ3) is 3.14. The highest BCUT2D eigenvalue weighted by Gasteiger charge is 1.95. The second kappa shape index (κ2) is 5.37. The van der Waals surface area contributed by atoms with Crippen LogP contribution in [0.2, 0.25) is 0 Å². The highest BCUT2D eigenvalue weighted by molar-refractivity contribution is 5.22. The zero-order valence-electron chi connectivity index (χ0n) is 9.35. The number of aryl methyl sites for hydroxylation is 1. The molecule has 3 heteroatoms. The molecular formula is C13H15N3. The monoisotopic (exact) mass is 213 g/mol. The van der Waals surface area contributed by atoms with E-state index in [0.29, 0.717) is 0 Å². The van der Waals surface area contributed by atoms with E-state index < -0.39 is 0 Å². The van der Waals surface area contributed by atoms with Crippen LogP contribution in [0.15, 0.2) is 42.6 Å². The first-order chi connectivity index (χ1) is 7.84. The van der Waals surface area contributed by atoms with Gasteiger partial charge >= 0.3 is 0 Å². The van der Waals surface area contributed by atoms with Gasteiger partial charge < -0.3 is 5.32 Å². The van der Waals surface area contributed by atoms with E-state index in [0.717, 1.165) is 18.8 Å². The van der Waals surface area contributed by atoms with Crippen LogP contribution in [0, 0.1) is 6.92 Å².